The highest BCUT2D eigenvalue weighted by Crippen LogP contribution is 2.19. The molecule has 0 saturated carbocycles. The molecule has 0 aromatic rings. The third-order valence-electron chi connectivity index (χ3n) is 5.19. The van der Waals surface area contributed by atoms with Gasteiger partial charge in [-0.15, -0.1) is 0 Å². The van der Waals surface area contributed by atoms with Crippen LogP contribution in [0.2, 0.25) is 0 Å². The van der Waals surface area contributed by atoms with E-state index in [4.69, 9.17) is 0 Å². The van der Waals surface area contributed by atoms with Crippen molar-refractivity contribution < 1.29 is 33.8 Å². The molecule has 0 radical (unpaired) electrons. The van der Waals surface area contributed by atoms with Crippen LogP contribution in [0.25, 0.3) is 0 Å². The van der Waals surface area contributed by atoms with Gasteiger partial charge >= 0.3 is 0 Å². The van der Waals surface area contributed by atoms with E-state index in [0.717, 1.165) is 0 Å². The molecule has 0 spiro atoms. The van der Waals surface area contributed by atoms with Crippen LogP contribution in [0.3, 0.4) is 0 Å². The average molecular weight is 311 g/mol. The Morgan fingerprint density at radius 1 is 0.579 bits per heavy atom. The molecule has 0 amide bonds. The van der Waals surface area contributed by atoms with Crippen LogP contribution in [0.5, 0.6) is 0 Å². The normalized spacial score (nSPS) is 23.7. The lowest BCUT2D eigenvalue weighted by atomic mass is 10.2. The van der Waals surface area contributed by atoms with E-state index in [2.05, 4.69) is 14.1 Å². The lowest BCUT2D eigenvalue weighted by Gasteiger charge is -2.30. The van der Waals surface area contributed by atoms with Crippen LogP contribution in [0.1, 0.15) is 44.9 Å². The zero-order valence-electron chi connectivity index (χ0n) is 12.8. The molecule has 0 aromatic heterocycles. The number of rotatable bonds is 6. The Hall–Kier alpha value is 0.500. The Morgan fingerprint density at radius 3 is 1.21 bits per heavy atom. The predicted octanol–water partition coefficient (Wildman–Crippen LogP) is -3.35. The number of hydrogen-bond donors (Lipinski definition) is 0. The summed E-state index contributed by atoms with van der Waals surface area (Å²) in [7, 11) is 4.92. The summed E-state index contributed by atoms with van der Waals surface area (Å²) in [4.78, 5) is 0. The topological polar surface area (TPSA) is 0 Å². The summed E-state index contributed by atoms with van der Waals surface area (Å²) in [6, 6.07) is 0. The van der Waals surface area contributed by atoms with Crippen LogP contribution < -0.4 is 24.8 Å². The van der Waals surface area contributed by atoms with Crippen LogP contribution in [0, 0.1) is 0 Å². The molecule has 0 bridgehead atoms. The fraction of sp³-hybridized carbons (Fsp3) is 1.00. The van der Waals surface area contributed by atoms with Gasteiger partial charge in [0.05, 0.1) is 53.4 Å². The second kappa shape index (κ2) is 8.71. The Labute approximate surface area is 132 Å². The molecule has 2 saturated heterocycles. The quantitative estimate of drug-likeness (QED) is 0.355. The fourth-order valence-electron chi connectivity index (χ4n) is 3.81. The molecule has 0 unspecified atom stereocenters. The van der Waals surface area contributed by atoms with E-state index < -0.39 is 0 Å². The van der Waals surface area contributed by atoms with Gasteiger partial charge in [0.25, 0.3) is 0 Å². The lowest BCUT2D eigenvalue weighted by molar-refractivity contribution is -0.899. The van der Waals surface area contributed by atoms with Crippen molar-refractivity contribution in [1.82, 2.24) is 0 Å². The van der Waals surface area contributed by atoms with Gasteiger partial charge in [-0.05, 0) is 19.3 Å². The summed E-state index contributed by atoms with van der Waals surface area (Å²) >= 11 is 0. The van der Waals surface area contributed by atoms with E-state index in [9.17, 15) is 0 Å². The highest BCUT2D eigenvalue weighted by molar-refractivity contribution is 4.54. The third kappa shape index (κ3) is 6.20. The van der Waals surface area contributed by atoms with Gasteiger partial charge in [0.2, 0.25) is 0 Å². The molecular weight excluding hydrogens is 279 g/mol. The van der Waals surface area contributed by atoms with Crippen molar-refractivity contribution in [1.29, 1.82) is 0 Å². The zero-order valence-corrected chi connectivity index (χ0v) is 14.4. The summed E-state index contributed by atoms with van der Waals surface area (Å²) in [5.74, 6) is 0. The minimum atomic E-state index is 0. The minimum absolute atomic E-state index is 0. The first-order chi connectivity index (χ1) is 8.12. The number of nitrogens with zero attached hydrogens (tertiary/aromatic N) is 2. The van der Waals surface area contributed by atoms with Gasteiger partial charge in [-0.3, -0.25) is 0 Å². The summed E-state index contributed by atoms with van der Waals surface area (Å²) in [6.45, 7) is 8.62. The molecule has 4 heteroatoms. The van der Waals surface area contributed by atoms with Crippen LogP contribution in [0.4, 0.5) is 0 Å². The van der Waals surface area contributed by atoms with Gasteiger partial charge < -0.3 is 33.8 Å². The number of halogens is 2. The highest BCUT2D eigenvalue weighted by atomic mass is 35.5. The van der Waals surface area contributed by atoms with Crippen molar-refractivity contribution in [2.45, 2.75) is 44.9 Å². The molecule has 0 aromatic carbocycles. The van der Waals surface area contributed by atoms with E-state index in [1.54, 1.807) is 0 Å². The number of hydrogen-bond acceptors (Lipinski definition) is 0. The molecule has 2 aliphatic rings. The number of quaternary nitrogens is 2. The summed E-state index contributed by atoms with van der Waals surface area (Å²) in [6.07, 6.45) is 10.2. The fourth-order valence-corrected chi connectivity index (χ4v) is 3.81. The standard InChI is InChI=1S/C15H32N2.2ClH/c1-16(12-6-7-13-16)10-4-3-5-11-17(2)14-8-9-15-17;;/h3-15H2,1-2H3;2*1H/q+2;;/p-2. The second-order valence-electron chi connectivity index (χ2n) is 7.06. The van der Waals surface area contributed by atoms with Gasteiger partial charge in [-0.1, -0.05) is 0 Å². The summed E-state index contributed by atoms with van der Waals surface area (Å²) in [5, 5.41) is 0. The van der Waals surface area contributed by atoms with Crippen molar-refractivity contribution in [3.8, 4) is 0 Å². The first-order valence-electron chi connectivity index (χ1n) is 7.79. The zero-order chi connectivity index (χ0) is 12.2. The maximum Gasteiger partial charge on any atom is 0.0786 e. The van der Waals surface area contributed by atoms with Crippen molar-refractivity contribution >= 4 is 0 Å². The Kier molecular flexibility index (Phi) is 8.94. The largest absolute Gasteiger partial charge is 1.00 e. The van der Waals surface area contributed by atoms with E-state index in [1.165, 1.54) is 93.2 Å². The Bertz CT molecular complexity index is 210. The molecule has 0 atom stereocenters. The van der Waals surface area contributed by atoms with Crippen molar-refractivity contribution in [3.63, 3.8) is 0 Å². The van der Waals surface area contributed by atoms with Crippen LogP contribution >= 0.6 is 0 Å². The van der Waals surface area contributed by atoms with Crippen molar-refractivity contribution in [2.24, 2.45) is 0 Å². The highest BCUT2D eigenvalue weighted by Gasteiger charge is 2.27. The minimum Gasteiger partial charge on any atom is -1.00 e. The molecule has 2 fully saturated rings. The lowest BCUT2D eigenvalue weighted by Crippen LogP contribution is -3.00. The molecule has 2 rings (SSSR count). The van der Waals surface area contributed by atoms with Gasteiger partial charge in [-0.2, -0.15) is 0 Å². The van der Waals surface area contributed by atoms with E-state index in [-0.39, 0.29) is 24.8 Å². The van der Waals surface area contributed by atoms with Crippen molar-refractivity contribution in [3.05, 3.63) is 0 Å². The Balaban J connectivity index is 0.00000162. The summed E-state index contributed by atoms with van der Waals surface area (Å²) < 4.78 is 2.73. The Morgan fingerprint density at radius 2 is 0.895 bits per heavy atom. The van der Waals surface area contributed by atoms with Crippen LogP contribution in [0.15, 0.2) is 0 Å². The van der Waals surface area contributed by atoms with Crippen LogP contribution in [-0.4, -0.2) is 62.3 Å². The monoisotopic (exact) mass is 310 g/mol. The number of unbranched alkanes of at least 4 members (excludes halogenated alkanes) is 2. The maximum absolute atomic E-state index is 2.46. The molecular formula is C15H32Cl2N2. The van der Waals surface area contributed by atoms with Crippen LogP contribution in [-0.2, 0) is 0 Å². The summed E-state index contributed by atoms with van der Waals surface area (Å²) in [5.41, 5.74) is 0. The average Bonchev–Trinajstić information content (AvgIpc) is 2.89. The smallest absolute Gasteiger partial charge is 0.0786 e. The van der Waals surface area contributed by atoms with E-state index in [0.29, 0.717) is 0 Å². The molecule has 2 heterocycles. The molecule has 19 heavy (non-hydrogen) atoms. The van der Waals surface area contributed by atoms with Crippen molar-refractivity contribution in [2.75, 3.05) is 53.4 Å². The second-order valence-corrected chi connectivity index (χ2v) is 7.06. The van der Waals surface area contributed by atoms with Gasteiger partial charge in [0, 0.05) is 25.7 Å². The molecule has 0 aliphatic carbocycles. The van der Waals surface area contributed by atoms with Gasteiger partial charge in [-0.25, -0.2) is 0 Å². The number of likely N-dealkylation sites (tertiary alicyclic amines) is 2. The van der Waals surface area contributed by atoms with Gasteiger partial charge in [0.15, 0.2) is 0 Å². The predicted molar refractivity (Wildman–Crippen MR) is 73.9 cm³/mol. The maximum atomic E-state index is 2.46. The third-order valence-corrected chi connectivity index (χ3v) is 5.19. The SMILES string of the molecule is C[N+]1(CCCCC[N+]2(C)CCCC2)CCCC1.[Cl-].[Cl-]. The first-order valence-corrected chi connectivity index (χ1v) is 7.79. The van der Waals surface area contributed by atoms with Gasteiger partial charge in [0.1, 0.15) is 0 Å². The molecule has 116 valence electrons. The van der Waals surface area contributed by atoms with E-state index >= 15 is 0 Å². The molecule has 2 nitrogen and oxygen atoms in total. The van der Waals surface area contributed by atoms with E-state index in [1.807, 2.05) is 0 Å². The molecule has 0 N–H and O–H groups in total. The first kappa shape index (κ1) is 19.5. The molecule has 2 aliphatic heterocycles.